The van der Waals surface area contributed by atoms with Crippen LogP contribution in [-0.4, -0.2) is 31.8 Å². The second-order valence-electron chi connectivity index (χ2n) is 5.43. The first-order chi connectivity index (χ1) is 10.7. The predicted octanol–water partition coefficient (Wildman–Crippen LogP) is 3.63. The Hall–Kier alpha value is -0.903. The molecule has 0 saturated heterocycles. The van der Waals surface area contributed by atoms with Crippen LogP contribution >= 0.6 is 8.15 Å². The van der Waals surface area contributed by atoms with Gasteiger partial charge in [0.05, 0.1) is 14.8 Å². The van der Waals surface area contributed by atoms with Gasteiger partial charge in [-0.05, 0) is 43.5 Å². The molecule has 0 heterocycles. The quantitative estimate of drug-likeness (QED) is 0.337. The third-order valence-electron chi connectivity index (χ3n) is 3.64. The van der Waals surface area contributed by atoms with Crippen LogP contribution in [0.4, 0.5) is 0 Å². The normalized spacial score (nSPS) is 11.6. The first-order valence-electron chi connectivity index (χ1n) is 7.72. The van der Waals surface area contributed by atoms with E-state index in [1.807, 2.05) is 32.0 Å². The van der Waals surface area contributed by atoms with E-state index < -0.39 is 8.15 Å². The molecular formula is C19H24LiO2P. The van der Waals surface area contributed by atoms with Crippen molar-refractivity contribution in [3.05, 3.63) is 59.2 Å². The van der Waals surface area contributed by atoms with E-state index in [0.29, 0.717) is 0 Å². The van der Waals surface area contributed by atoms with Gasteiger partial charge >= 0.3 is 18.9 Å². The monoisotopic (exact) mass is 322 g/mol. The van der Waals surface area contributed by atoms with Crippen molar-refractivity contribution in [3.8, 4) is 0 Å². The fourth-order valence-electron chi connectivity index (χ4n) is 2.42. The van der Waals surface area contributed by atoms with Crippen LogP contribution in [0.15, 0.2) is 42.5 Å². The minimum absolute atomic E-state index is 0. The van der Waals surface area contributed by atoms with Gasteiger partial charge in [-0.1, -0.05) is 43.7 Å². The van der Waals surface area contributed by atoms with Gasteiger partial charge in [-0.3, -0.25) is 4.79 Å². The molecule has 0 bridgehead atoms. The third-order valence-corrected chi connectivity index (χ3v) is 5.57. The SMILES string of the molecule is CCCCOP(c1ccccc1)c1cc(C)c(C=O)c(C)c1.[LiH]. The van der Waals surface area contributed by atoms with Gasteiger partial charge in [0.25, 0.3) is 0 Å². The Morgan fingerprint density at radius 2 is 1.65 bits per heavy atom. The van der Waals surface area contributed by atoms with Gasteiger partial charge in [-0.15, -0.1) is 0 Å². The van der Waals surface area contributed by atoms with Crippen molar-refractivity contribution in [2.24, 2.45) is 0 Å². The Labute approximate surface area is 152 Å². The van der Waals surface area contributed by atoms with Crippen molar-refractivity contribution in [3.63, 3.8) is 0 Å². The molecule has 0 N–H and O–H groups in total. The zero-order valence-electron chi connectivity index (χ0n) is 13.5. The summed E-state index contributed by atoms with van der Waals surface area (Å²) in [6, 6.07) is 14.6. The summed E-state index contributed by atoms with van der Waals surface area (Å²) < 4.78 is 6.21. The molecular weight excluding hydrogens is 298 g/mol. The molecule has 2 aromatic carbocycles. The summed E-state index contributed by atoms with van der Waals surface area (Å²) in [5.41, 5.74) is 2.83. The number of rotatable bonds is 7. The van der Waals surface area contributed by atoms with Crippen LogP contribution in [-0.2, 0) is 4.52 Å². The average Bonchev–Trinajstić information content (AvgIpc) is 2.52. The maximum atomic E-state index is 11.2. The summed E-state index contributed by atoms with van der Waals surface area (Å²) in [5.74, 6) is 0. The zero-order chi connectivity index (χ0) is 15.9. The Bertz CT molecular complexity index is 606. The number of unbranched alkanes of at least 4 members (excludes halogenated alkanes) is 1. The van der Waals surface area contributed by atoms with Crippen LogP contribution in [0, 0.1) is 13.8 Å². The molecule has 2 rings (SSSR count). The van der Waals surface area contributed by atoms with E-state index in [-0.39, 0.29) is 18.9 Å². The van der Waals surface area contributed by atoms with Crippen LogP contribution in [0.3, 0.4) is 0 Å². The number of carbonyl (C=O) groups is 1. The molecule has 0 aromatic heterocycles. The Morgan fingerprint density at radius 1 is 1.04 bits per heavy atom. The number of hydrogen-bond acceptors (Lipinski definition) is 2. The van der Waals surface area contributed by atoms with Gasteiger partial charge in [0, 0.05) is 16.2 Å². The molecule has 0 aliphatic heterocycles. The van der Waals surface area contributed by atoms with Crippen molar-refractivity contribution in [2.45, 2.75) is 33.6 Å². The molecule has 2 aromatic rings. The van der Waals surface area contributed by atoms with Crippen molar-refractivity contribution in [1.82, 2.24) is 0 Å². The zero-order valence-corrected chi connectivity index (χ0v) is 14.4. The summed E-state index contributed by atoms with van der Waals surface area (Å²) in [7, 11) is -0.828. The molecule has 1 atom stereocenters. The Morgan fingerprint density at radius 3 is 2.17 bits per heavy atom. The first kappa shape index (κ1) is 20.1. The van der Waals surface area contributed by atoms with Crippen LogP contribution in [0.5, 0.6) is 0 Å². The van der Waals surface area contributed by atoms with Gasteiger partial charge < -0.3 is 4.52 Å². The van der Waals surface area contributed by atoms with Crippen molar-refractivity contribution in [2.75, 3.05) is 6.61 Å². The van der Waals surface area contributed by atoms with Crippen LogP contribution < -0.4 is 10.6 Å². The molecule has 0 amide bonds. The molecule has 118 valence electrons. The van der Waals surface area contributed by atoms with E-state index in [2.05, 4.69) is 31.2 Å². The van der Waals surface area contributed by atoms with Crippen molar-refractivity contribution in [1.29, 1.82) is 0 Å². The molecule has 0 spiro atoms. The maximum absolute atomic E-state index is 11.2. The van der Waals surface area contributed by atoms with E-state index >= 15 is 0 Å². The molecule has 23 heavy (non-hydrogen) atoms. The molecule has 0 aliphatic rings. The van der Waals surface area contributed by atoms with Gasteiger partial charge in [0.1, 0.15) is 0 Å². The average molecular weight is 322 g/mol. The molecule has 2 nitrogen and oxygen atoms in total. The molecule has 0 aliphatic carbocycles. The number of hydrogen-bond donors (Lipinski definition) is 0. The number of carbonyl (C=O) groups excluding carboxylic acids is 1. The number of aryl methyl sites for hydroxylation is 2. The predicted molar refractivity (Wildman–Crippen MR) is 102 cm³/mol. The van der Waals surface area contributed by atoms with Gasteiger partial charge in [0.15, 0.2) is 6.29 Å². The van der Waals surface area contributed by atoms with E-state index in [1.54, 1.807) is 0 Å². The fraction of sp³-hybridized carbons (Fsp3) is 0.316. The van der Waals surface area contributed by atoms with Crippen LogP contribution in [0.2, 0.25) is 0 Å². The van der Waals surface area contributed by atoms with E-state index in [1.165, 1.54) is 10.6 Å². The summed E-state index contributed by atoms with van der Waals surface area (Å²) >= 11 is 0. The van der Waals surface area contributed by atoms with Gasteiger partial charge in [-0.25, -0.2) is 0 Å². The van der Waals surface area contributed by atoms with E-state index in [9.17, 15) is 4.79 Å². The second kappa shape index (κ2) is 10.1. The minimum atomic E-state index is -0.828. The topological polar surface area (TPSA) is 26.3 Å². The Kier molecular flexibility index (Phi) is 8.81. The van der Waals surface area contributed by atoms with Crippen LogP contribution in [0.25, 0.3) is 0 Å². The van der Waals surface area contributed by atoms with Gasteiger partial charge in [0.2, 0.25) is 0 Å². The number of benzene rings is 2. The second-order valence-corrected chi connectivity index (χ2v) is 7.31. The fourth-order valence-corrected chi connectivity index (χ4v) is 4.39. The van der Waals surface area contributed by atoms with E-state index in [0.717, 1.165) is 42.4 Å². The van der Waals surface area contributed by atoms with Crippen molar-refractivity contribution >= 4 is 43.9 Å². The standard InChI is InChI=1S/C19H23O2P.Li.H/c1-4-5-11-21-22(17-9-7-6-8-10-17)18-12-15(2)19(14-20)16(3)13-18;;/h6-10,12-14H,4-5,11H2,1-3H3;;. The summed E-state index contributed by atoms with van der Waals surface area (Å²) in [4.78, 5) is 11.2. The number of aldehydes is 1. The van der Waals surface area contributed by atoms with Crippen LogP contribution in [0.1, 0.15) is 41.3 Å². The third kappa shape index (κ3) is 5.30. The molecule has 1 unspecified atom stereocenters. The summed E-state index contributed by atoms with van der Waals surface area (Å²) in [6.07, 6.45) is 3.13. The molecule has 4 heteroatoms. The first-order valence-corrected chi connectivity index (χ1v) is 8.97. The van der Waals surface area contributed by atoms with E-state index in [4.69, 9.17) is 4.52 Å². The van der Waals surface area contributed by atoms with Gasteiger partial charge in [-0.2, -0.15) is 0 Å². The Balaban J connectivity index is 0.00000264. The molecule has 0 fully saturated rings. The molecule has 0 saturated carbocycles. The summed E-state index contributed by atoms with van der Waals surface area (Å²) in [6.45, 7) is 6.92. The molecule has 0 radical (unpaired) electrons. The van der Waals surface area contributed by atoms with Crippen molar-refractivity contribution < 1.29 is 9.32 Å². The summed E-state index contributed by atoms with van der Waals surface area (Å²) in [5, 5.41) is 2.39.